The summed E-state index contributed by atoms with van der Waals surface area (Å²) in [7, 11) is -0.397. The highest BCUT2D eigenvalue weighted by Gasteiger charge is 1.93. The smallest absolute Gasteiger partial charge is 0.0903 e. The minimum absolute atomic E-state index is 0.397. The average Bonchev–Trinajstić information content (AvgIpc) is 2.17. The van der Waals surface area contributed by atoms with Crippen molar-refractivity contribution in [1.29, 1.82) is 0 Å². The van der Waals surface area contributed by atoms with Crippen LogP contribution in [-0.4, -0.2) is 4.98 Å². The van der Waals surface area contributed by atoms with E-state index in [1.54, 1.807) is 6.20 Å². The fraction of sp³-hybridized carbons (Fsp3) is 0. The molecule has 2 nitrogen and oxygen atoms in total. The van der Waals surface area contributed by atoms with Gasteiger partial charge in [-0.15, -0.1) is 0 Å². The molecule has 0 saturated heterocycles. The monoisotopic (exact) mass is 176 g/mol. The minimum atomic E-state index is -0.397. The number of nitrogens with zero attached hydrogens (tertiary/aromatic N) is 1. The van der Waals surface area contributed by atoms with E-state index >= 15 is 0 Å². The van der Waals surface area contributed by atoms with Gasteiger partial charge in [-0.25, -0.2) is 0 Å². The van der Waals surface area contributed by atoms with Crippen molar-refractivity contribution in [2.45, 2.75) is 0 Å². The van der Waals surface area contributed by atoms with Crippen molar-refractivity contribution >= 4 is 24.7 Å². The van der Waals surface area contributed by atoms with Crippen LogP contribution < -0.4 is 5.30 Å². The van der Waals surface area contributed by atoms with Crippen LogP contribution in [0.1, 0.15) is 0 Å². The van der Waals surface area contributed by atoms with E-state index < -0.39 is 8.46 Å². The Morgan fingerprint density at radius 2 is 2.17 bits per heavy atom. The number of aromatic nitrogens is 1. The number of rotatable bonds is 1. The number of pyridine rings is 1. The maximum atomic E-state index is 10.6. The van der Waals surface area contributed by atoms with Gasteiger partial charge < -0.3 is 0 Å². The van der Waals surface area contributed by atoms with Gasteiger partial charge in [0.1, 0.15) is 0 Å². The molecule has 2 aromatic rings. The Kier molecular flexibility index (Phi) is 1.84. The third-order valence-electron chi connectivity index (χ3n) is 1.72. The van der Waals surface area contributed by atoms with E-state index in [4.69, 9.17) is 0 Å². The summed E-state index contributed by atoms with van der Waals surface area (Å²) in [6, 6.07) is 9.51. The molecular formula is C9H7NOP. The zero-order valence-corrected chi connectivity index (χ0v) is 7.32. The van der Waals surface area contributed by atoms with Crippen molar-refractivity contribution in [3.63, 3.8) is 0 Å². The Morgan fingerprint density at radius 3 is 3.00 bits per heavy atom. The first kappa shape index (κ1) is 7.38. The summed E-state index contributed by atoms with van der Waals surface area (Å²) in [5.41, 5.74) is 0.901. The molecule has 1 radical (unpaired) electrons. The molecule has 3 heteroatoms. The fourth-order valence-corrected chi connectivity index (χ4v) is 1.48. The van der Waals surface area contributed by atoms with Crippen LogP contribution in [0.5, 0.6) is 0 Å². The van der Waals surface area contributed by atoms with Crippen LogP contribution in [0.25, 0.3) is 10.9 Å². The normalized spacial score (nSPS) is 10.7. The highest BCUT2D eigenvalue weighted by Crippen LogP contribution is 2.09. The van der Waals surface area contributed by atoms with Crippen LogP contribution in [0.2, 0.25) is 0 Å². The van der Waals surface area contributed by atoms with Crippen molar-refractivity contribution in [2.75, 3.05) is 0 Å². The first-order valence-corrected chi connectivity index (χ1v) is 4.54. The van der Waals surface area contributed by atoms with E-state index in [9.17, 15) is 4.57 Å². The molecule has 1 unspecified atom stereocenters. The van der Waals surface area contributed by atoms with Crippen LogP contribution in [0.4, 0.5) is 0 Å². The predicted octanol–water partition coefficient (Wildman–Crippen LogP) is 1.88. The third-order valence-corrected chi connectivity index (χ3v) is 2.27. The molecule has 0 fully saturated rings. The van der Waals surface area contributed by atoms with Gasteiger partial charge in [0.15, 0.2) is 0 Å². The Labute approximate surface area is 71.5 Å². The molecular weight excluding hydrogens is 169 g/mol. The molecule has 0 aliphatic heterocycles. The standard InChI is InChI=1S/C9H7NOP/c11-12-8-4-3-7-2-1-5-10-9(7)6-8/h1-6,12H. The number of hydrogen-bond acceptors (Lipinski definition) is 2. The molecule has 1 atom stereocenters. The SMILES string of the molecule is O=[PH]c1ccc2cccnc2c1. The molecule has 0 aliphatic rings. The van der Waals surface area contributed by atoms with Crippen LogP contribution in [0.15, 0.2) is 36.5 Å². The summed E-state index contributed by atoms with van der Waals surface area (Å²) in [5, 5.41) is 1.90. The fourth-order valence-electron chi connectivity index (χ4n) is 1.13. The predicted molar refractivity (Wildman–Crippen MR) is 50.4 cm³/mol. The quantitative estimate of drug-likeness (QED) is 0.621. The van der Waals surface area contributed by atoms with E-state index in [1.165, 1.54) is 0 Å². The molecule has 59 valence electrons. The maximum Gasteiger partial charge on any atom is 0.0903 e. The summed E-state index contributed by atoms with van der Waals surface area (Å²) in [5.74, 6) is 0. The summed E-state index contributed by atoms with van der Waals surface area (Å²) in [6.07, 6.45) is 1.74. The zero-order chi connectivity index (χ0) is 8.39. The minimum Gasteiger partial charge on any atom is -0.285 e. The summed E-state index contributed by atoms with van der Waals surface area (Å²) in [4.78, 5) is 4.16. The molecule has 0 spiro atoms. The lowest BCUT2D eigenvalue weighted by Gasteiger charge is -1.95. The molecule has 0 aliphatic carbocycles. The largest absolute Gasteiger partial charge is 0.285 e. The van der Waals surface area contributed by atoms with Crippen molar-refractivity contribution < 1.29 is 4.57 Å². The summed E-state index contributed by atoms with van der Waals surface area (Å²) < 4.78 is 10.6. The number of hydrogen-bond donors (Lipinski definition) is 0. The Hall–Kier alpha value is -1.27. The summed E-state index contributed by atoms with van der Waals surface area (Å²) >= 11 is 0. The van der Waals surface area contributed by atoms with Crippen molar-refractivity contribution in [2.24, 2.45) is 0 Å². The highest BCUT2D eigenvalue weighted by atomic mass is 31.1. The van der Waals surface area contributed by atoms with E-state index in [0.717, 1.165) is 16.2 Å². The zero-order valence-electron chi connectivity index (χ0n) is 6.32. The van der Waals surface area contributed by atoms with Gasteiger partial charge in [0.05, 0.1) is 14.0 Å². The van der Waals surface area contributed by atoms with E-state index in [-0.39, 0.29) is 0 Å². The van der Waals surface area contributed by atoms with Crippen molar-refractivity contribution in [3.8, 4) is 0 Å². The van der Waals surface area contributed by atoms with Gasteiger partial charge in [-0.1, -0.05) is 12.1 Å². The van der Waals surface area contributed by atoms with Gasteiger partial charge in [0.2, 0.25) is 0 Å². The molecule has 12 heavy (non-hydrogen) atoms. The Bertz CT molecular complexity index is 428. The van der Waals surface area contributed by atoms with Crippen molar-refractivity contribution in [3.05, 3.63) is 36.5 Å². The molecule has 0 N–H and O–H groups in total. The van der Waals surface area contributed by atoms with E-state index in [1.807, 2.05) is 30.3 Å². The van der Waals surface area contributed by atoms with E-state index in [2.05, 4.69) is 4.98 Å². The second-order valence-corrected chi connectivity index (χ2v) is 3.29. The van der Waals surface area contributed by atoms with Crippen LogP contribution >= 0.6 is 8.46 Å². The average molecular weight is 176 g/mol. The molecule has 0 bridgehead atoms. The second kappa shape index (κ2) is 3.00. The Balaban J connectivity index is 2.75. The summed E-state index contributed by atoms with van der Waals surface area (Å²) in [6.45, 7) is 0. The molecule has 2 rings (SSSR count). The maximum absolute atomic E-state index is 10.6. The van der Waals surface area contributed by atoms with Gasteiger partial charge in [0.25, 0.3) is 0 Å². The lowest BCUT2D eigenvalue weighted by molar-refractivity contribution is 0.603. The third kappa shape index (κ3) is 1.21. The molecule has 0 saturated carbocycles. The molecule has 1 heterocycles. The van der Waals surface area contributed by atoms with Crippen LogP contribution in [-0.2, 0) is 4.57 Å². The highest BCUT2D eigenvalue weighted by molar-refractivity contribution is 7.34. The van der Waals surface area contributed by atoms with Crippen molar-refractivity contribution in [1.82, 2.24) is 4.98 Å². The van der Waals surface area contributed by atoms with Gasteiger partial charge in [-0.3, -0.25) is 9.55 Å². The van der Waals surface area contributed by atoms with Crippen LogP contribution in [0, 0.1) is 0 Å². The molecule has 1 aromatic heterocycles. The Morgan fingerprint density at radius 1 is 1.25 bits per heavy atom. The van der Waals surface area contributed by atoms with Gasteiger partial charge in [-0.2, -0.15) is 0 Å². The lowest BCUT2D eigenvalue weighted by atomic mass is 10.2. The van der Waals surface area contributed by atoms with E-state index in [0.29, 0.717) is 0 Å². The first-order chi connectivity index (χ1) is 5.90. The van der Waals surface area contributed by atoms with Gasteiger partial charge >= 0.3 is 0 Å². The molecule has 1 aromatic carbocycles. The van der Waals surface area contributed by atoms with Gasteiger partial charge in [-0.05, 0) is 18.2 Å². The molecule has 0 amide bonds. The lowest BCUT2D eigenvalue weighted by Crippen LogP contribution is -1.90. The second-order valence-electron chi connectivity index (χ2n) is 2.51. The first-order valence-electron chi connectivity index (χ1n) is 3.63. The van der Waals surface area contributed by atoms with Gasteiger partial charge in [0, 0.05) is 16.9 Å². The number of fused-ring (bicyclic) bond motifs is 1. The van der Waals surface area contributed by atoms with Crippen LogP contribution in [0.3, 0.4) is 0 Å². The number of benzene rings is 1. The topological polar surface area (TPSA) is 30.0 Å².